The van der Waals surface area contributed by atoms with Gasteiger partial charge < -0.3 is 16.0 Å². The van der Waals surface area contributed by atoms with Crippen molar-refractivity contribution in [2.45, 2.75) is 38.6 Å². The number of nitrogens with two attached hydrogens (primary N) is 1. The van der Waals surface area contributed by atoms with Gasteiger partial charge >= 0.3 is 0 Å². The van der Waals surface area contributed by atoms with Crippen molar-refractivity contribution >= 4 is 11.8 Å². The van der Waals surface area contributed by atoms with E-state index in [1.807, 2.05) is 6.92 Å². The lowest BCUT2D eigenvalue weighted by molar-refractivity contribution is -0.132. The van der Waals surface area contributed by atoms with Crippen LogP contribution in [0.3, 0.4) is 0 Å². The summed E-state index contributed by atoms with van der Waals surface area (Å²) >= 11 is 0. The van der Waals surface area contributed by atoms with Gasteiger partial charge in [0.1, 0.15) is 0 Å². The quantitative estimate of drug-likeness (QED) is 0.744. The largest absolute Gasteiger partial charge is 0.359 e. The van der Waals surface area contributed by atoms with E-state index in [1.165, 1.54) is 0 Å². The summed E-state index contributed by atoms with van der Waals surface area (Å²) in [6, 6.07) is 0.165. The zero-order valence-electron chi connectivity index (χ0n) is 11.6. The Morgan fingerprint density at radius 1 is 1.44 bits per heavy atom. The summed E-state index contributed by atoms with van der Waals surface area (Å²) in [7, 11) is 3.36. The highest BCUT2D eigenvalue weighted by Crippen LogP contribution is 2.27. The van der Waals surface area contributed by atoms with Gasteiger partial charge in [0.15, 0.2) is 0 Å². The Morgan fingerprint density at radius 2 is 2.11 bits per heavy atom. The van der Waals surface area contributed by atoms with Crippen molar-refractivity contribution in [2.24, 2.45) is 17.6 Å². The minimum absolute atomic E-state index is 0.0350. The van der Waals surface area contributed by atoms with Gasteiger partial charge in [-0.25, -0.2) is 0 Å². The number of amides is 2. The Morgan fingerprint density at radius 3 is 2.61 bits per heavy atom. The van der Waals surface area contributed by atoms with Gasteiger partial charge in [0.05, 0.1) is 5.92 Å². The average Bonchev–Trinajstić information content (AvgIpc) is 2.73. The maximum absolute atomic E-state index is 12.0. The molecule has 1 fully saturated rings. The highest BCUT2D eigenvalue weighted by molar-refractivity contribution is 5.80. The lowest BCUT2D eigenvalue weighted by Crippen LogP contribution is -2.39. The second-order valence-electron chi connectivity index (χ2n) is 5.35. The van der Waals surface area contributed by atoms with E-state index in [0.29, 0.717) is 18.9 Å². The van der Waals surface area contributed by atoms with Crippen LogP contribution >= 0.6 is 0 Å². The van der Waals surface area contributed by atoms with Crippen LogP contribution in [0, 0.1) is 11.8 Å². The van der Waals surface area contributed by atoms with Crippen LogP contribution in [0.1, 0.15) is 32.6 Å². The Labute approximate surface area is 109 Å². The normalized spacial score (nSPS) is 24.7. The number of hydrogen-bond acceptors (Lipinski definition) is 3. The minimum Gasteiger partial charge on any atom is -0.359 e. The number of carbonyl (C=O) groups is 2. The molecule has 1 aliphatic rings. The highest BCUT2D eigenvalue weighted by Gasteiger charge is 2.27. The van der Waals surface area contributed by atoms with Gasteiger partial charge in [-0.15, -0.1) is 0 Å². The Bertz CT molecular complexity index is 307. The van der Waals surface area contributed by atoms with E-state index in [4.69, 9.17) is 5.73 Å². The monoisotopic (exact) mass is 255 g/mol. The molecule has 0 spiro atoms. The molecule has 104 valence electrons. The Kier molecular flexibility index (Phi) is 5.59. The molecule has 0 aromatic rings. The molecule has 0 aromatic heterocycles. The number of rotatable bonds is 5. The number of nitrogens with zero attached hydrogens (tertiary/aromatic N) is 1. The van der Waals surface area contributed by atoms with Crippen molar-refractivity contribution in [1.82, 2.24) is 10.2 Å². The van der Waals surface area contributed by atoms with Crippen molar-refractivity contribution in [2.75, 3.05) is 20.6 Å². The molecule has 0 aliphatic heterocycles. The van der Waals surface area contributed by atoms with Crippen molar-refractivity contribution in [3.05, 3.63) is 0 Å². The highest BCUT2D eigenvalue weighted by atomic mass is 16.2. The molecule has 1 rings (SSSR count). The van der Waals surface area contributed by atoms with Gasteiger partial charge in [0.25, 0.3) is 0 Å². The van der Waals surface area contributed by atoms with E-state index in [0.717, 1.165) is 19.3 Å². The molecular weight excluding hydrogens is 230 g/mol. The van der Waals surface area contributed by atoms with Crippen LogP contribution in [0.2, 0.25) is 0 Å². The molecule has 1 unspecified atom stereocenters. The molecule has 5 nitrogen and oxygen atoms in total. The topological polar surface area (TPSA) is 75.4 Å². The lowest BCUT2D eigenvalue weighted by atomic mass is 9.99. The summed E-state index contributed by atoms with van der Waals surface area (Å²) in [5, 5.41) is 2.59. The Balaban J connectivity index is 2.39. The van der Waals surface area contributed by atoms with E-state index in [9.17, 15) is 9.59 Å². The van der Waals surface area contributed by atoms with E-state index >= 15 is 0 Å². The van der Waals surface area contributed by atoms with E-state index in [2.05, 4.69) is 5.32 Å². The fraction of sp³-hybridized carbons (Fsp3) is 0.846. The van der Waals surface area contributed by atoms with E-state index in [-0.39, 0.29) is 23.8 Å². The summed E-state index contributed by atoms with van der Waals surface area (Å²) in [6.07, 6.45) is 3.71. The van der Waals surface area contributed by atoms with Crippen LogP contribution in [-0.4, -0.2) is 43.4 Å². The SMILES string of the molecule is CNC(=O)C(C)CN(C)C(=O)C[C@@H]1CCC[C@H]1N. The third-order valence-corrected chi connectivity index (χ3v) is 3.82. The van der Waals surface area contributed by atoms with Crippen LogP contribution < -0.4 is 11.1 Å². The van der Waals surface area contributed by atoms with Crippen LogP contribution in [0.25, 0.3) is 0 Å². The number of hydrogen-bond donors (Lipinski definition) is 2. The van der Waals surface area contributed by atoms with Gasteiger partial charge in [-0.2, -0.15) is 0 Å². The third kappa shape index (κ3) is 3.98. The smallest absolute Gasteiger partial charge is 0.224 e. The van der Waals surface area contributed by atoms with Crippen molar-refractivity contribution in [1.29, 1.82) is 0 Å². The van der Waals surface area contributed by atoms with E-state index < -0.39 is 0 Å². The zero-order chi connectivity index (χ0) is 13.7. The van der Waals surface area contributed by atoms with Gasteiger partial charge in [0.2, 0.25) is 11.8 Å². The molecule has 5 heteroatoms. The molecule has 0 heterocycles. The van der Waals surface area contributed by atoms with Gasteiger partial charge in [-0.1, -0.05) is 13.3 Å². The standard InChI is InChI=1S/C13H25N3O2/c1-9(13(18)15-2)8-16(3)12(17)7-10-5-4-6-11(10)14/h9-11H,4-8,14H2,1-3H3,(H,15,18)/t9?,10-,11+/m0/s1. The fourth-order valence-electron chi connectivity index (χ4n) is 2.54. The van der Waals surface area contributed by atoms with Crippen LogP contribution in [0.5, 0.6) is 0 Å². The average molecular weight is 255 g/mol. The number of nitrogens with one attached hydrogen (secondary N) is 1. The molecule has 3 N–H and O–H groups in total. The number of carbonyl (C=O) groups excluding carboxylic acids is 2. The first-order valence-electron chi connectivity index (χ1n) is 6.66. The Hall–Kier alpha value is -1.10. The van der Waals surface area contributed by atoms with Crippen LogP contribution in [0.15, 0.2) is 0 Å². The maximum Gasteiger partial charge on any atom is 0.224 e. The first kappa shape index (κ1) is 15.0. The molecule has 1 saturated carbocycles. The van der Waals surface area contributed by atoms with E-state index in [1.54, 1.807) is 19.0 Å². The summed E-state index contributed by atoms with van der Waals surface area (Å²) < 4.78 is 0. The second kappa shape index (κ2) is 6.73. The molecule has 0 radical (unpaired) electrons. The summed E-state index contributed by atoms with van der Waals surface area (Å²) in [4.78, 5) is 25.1. The molecular formula is C13H25N3O2. The minimum atomic E-state index is -0.179. The first-order chi connectivity index (χ1) is 8.45. The molecule has 18 heavy (non-hydrogen) atoms. The molecule has 0 bridgehead atoms. The van der Waals surface area contributed by atoms with Gasteiger partial charge in [0, 0.05) is 33.1 Å². The van der Waals surface area contributed by atoms with Crippen molar-refractivity contribution < 1.29 is 9.59 Å². The maximum atomic E-state index is 12.0. The van der Waals surface area contributed by atoms with Crippen LogP contribution in [-0.2, 0) is 9.59 Å². The molecule has 3 atom stereocenters. The van der Waals surface area contributed by atoms with Crippen molar-refractivity contribution in [3.8, 4) is 0 Å². The first-order valence-corrected chi connectivity index (χ1v) is 6.66. The van der Waals surface area contributed by atoms with Gasteiger partial charge in [-0.05, 0) is 18.8 Å². The molecule has 0 aromatic carbocycles. The predicted molar refractivity (Wildman–Crippen MR) is 70.8 cm³/mol. The van der Waals surface area contributed by atoms with Crippen LogP contribution in [0.4, 0.5) is 0 Å². The summed E-state index contributed by atoms with van der Waals surface area (Å²) in [5.41, 5.74) is 5.96. The molecule has 1 aliphatic carbocycles. The van der Waals surface area contributed by atoms with Gasteiger partial charge in [-0.3, -0.25) is 9.59 Å². The zero-order valence-corrected chi connectivity index (χ0v) is 11.6. The molecule has 0 saturated heterocycles. The fourth-order valence-corrected chi connectivity index (χ4v) is 2.54. The molecule has 2 amide bonds. The second-order valence-corrected chi connectivity index (χ2v) is 5.35. The van der Waals surface area contributed by atoms with Crippen molar-refractivity contribution in [3.63, 3.8) is 0 Å². The third-order valence-electron chi connectivity index (χ3n) is 3.82. The summed E-state index contributed by atoms with van der Waals surface area (Å²) in [5.74, 6) is 0.191. The summed E-state index contributed by atoms with van der Waals surface area (Å²) in [6.45, 7) is 2.28. The predicted octanol–water partition coefficient (Wildman–Crippen LogP) is 0.344. The lowest BCUT2D eigenvalue weighted by Gasteiger charge is -2.23.